The number of rotatable bonds is 3. The van der Waals surface area contributed by atoms with E-state index in [0.29, 0.717) is 12.1 Å². The first-order valence-electron chi connectivity index (χ1n) is 7.19. The number of phenolic OH excluding ortho intramolecular Hbond substituents is 1. The van der Waals surface area contributed by atoms with Crippen LogP contribution in [0.1, 0.15) is 21.5 Å². The average Bonchev–Trinajstić information content (AvgIpc) is 2.54. The van der Waals surface area contributed by atoms with Crippen LogP contribution in [-0.4, -0.2) is 28.9 Å². The van der Waals surface area contributed by atoms with Crippen molar-refractivity contribution in [2.45, 2.75) is 6.54 Å². The predicted octanol–water partition coefficient (Wildman–Crippen LogP) is 3.27. The molecular formula is C18H16N2O3. The molecular weight excluding hydrogens is 292 g/mol. The minimum absolute atomic E-state index is 0.111. The monoisotopic (exact) mass is 308 g/mol. The van der Waals surface area contributed by atoms with Crippen molar-refractivity contribution in [3.05, 3.63) is 65.2 Å². The van der Waals surface area contributed by atoms with Gasteiger partial charge in [-0.3, -0.25) is 4.79 Å². The van der Waals surface area contributed by atoms with Crippen LogP contribution in [0.4, 0.5) is 10.5 Å². The number of aromatic hydroxyl groups is 1. The normalized spacial score (nSPS) is 13.8. The topological polar surface area (TPSA) is 69.6 Å². The van der Waals surface area contributed by atoms with Gasteiger partial charge in [0.05, 0.1) is 0 Å². The lowest BCUT2D eigenvalue weighted by molar-refractivity contribution is 0.104. The molecule has 0 spiro atoms. The van der Waals surface area contributed by atoms with Gasteiger partial charge in [0.1, 0.15) is 5.75 Å². The summed E-state index contributed by atoms with van der Waals surface area (Å²) in [5.41, 5.74) is 3.06. The number of allylic oxidation sites excluding steroid dienone is 1. The molecule has 0 aromatic heterocycles. The Morgan fingerprint density at radius 1 is 1.22 bits per heavy atom. The van der Waals surface area contributed by atoms with Gasteiger partial charge in [0.15, 0.2) is 5.78 Å². The van der Waals surface area contributed by atoms with Gasteiger partial charge in [-0.25, -0.2) is 4.79 Å². The molecule has 2 amide bonds. The van der Waals surface area contributed by atoms with E-state index in [0.717, 1.165) is 16.8 Å². The van der Waals surface area contributed by atoms with Crippen LogP contribution in [0.25, 0.3) is 6.08 Å². The van der Waals surface area contributed by atoms with E-state index in [1.807, 2.05) is 0 Å². The van der Waals surface area contributed by atoms with Gasteiger partial charge < -0.3 is 15.3 Å². The number of phenols is 1. The van der Waals surface area contributed by atoms with E-state index in [1.165, 1.54) is 6.08 Å². The molecule has 23 heavy (non-hydrogen) atoms. The maximum Gasteiger partial charge on any atom is 0.321 e. The van der Waals surface area contributed by atoms with Crippen LogP contribution in [0.15, 0.2) is 48.5 Å². The van der Waals surface area contributed by atoms with Crippen LogP contribution in [-0.2, 0) is 6.54 Å². The van der Waals surface area contributed by atoms with Gasteiger partial charge in [0.25, 0.3) is 0 Å². The van der Waals surface area contributed by atoms with Crippen molar-refractivity contribution in [1.29, 1.82) is 0 Å². The van der Waals surface area contributed by atoms with Crippen molar-refractivity contribution < 1.29 is 14.7 Å². The molecule has 0 saturated carbocycles. The quantitative estimate of drug-likeness (QED) is 0.675. The molecule has 0 saturated heterocycles. The first-order chi connectivity index (χ1) is 11.0. The van der Waals surface area contributed by atoms with E-state index in [-0.39, 0.29) is 17.6 Å². The van der Waals surface area contributed by atoms with Crippen molar-refractivity contribution in [3.8, 4) is 5.75 Å². The van der Waals surface area contributed by atoms with Gasteiger partial charge >= 0.3 is 6.03 Å². The number of nitrogens with zero attached hydrogens (tertiary/aromatic N) is 1. The van der Waals surface area contributed by atoms with Gasteiger partial charge in [-0.05, 0) is 47.5 Å². The third-order valence-corrected chi connectivity index (χ3v) is 3.71. The number of hydrogen-bond acceptors (Lipinski definition) is 3. The summed E-state index contributed by atoms with van der Waals surface area (Å²) in [4.78, 5) is 25.4. The van der Waals surface area contributed by atoms with Gasteiger partial charge in [0, 0.05) is 24.8 Å². The Balaban J connectivity index is 1.79. The van der Waals surface area contributed by atoms with E-state index in [1.54, 1.807) is 60.5 Å². The molecule has 1 aliphatic rings. The number of carbonyl (C=O) groups is 2. The molecule has 1 aliphatic heterocycles. The fraction of sp³-hybridized carbons (Fsp3) is 0.111. The summed E-state index contributed by atoms with van der Waals surface area (Å²) in [6.45, 7) is 0.476. The van der Waals surface area contributed by atoms with Crippen molar-refractivity contribution >= 4 is 23.6 Å². The highest BCUT2D eigenvalue weighted by Crippen LogP contribution is 2.24. The van der Waals surface area contributed by atoms with Crippen LogP contribution < -0.4 is 5.32 Å². The van der Waals surface area contributed by atoms with E-state index < -0.39 is 0 Å². The van der Waals surface area contributed by atoms with Crippen LogP contribution in [0.2, 0.25) is 0 Å². The fourth-order valence-corrected chi connectivity index (χ4v) is 2.39. The van der Waals surface area contributed by atoms with Gasteiger partial charge in [-0.1, -0.05) is 18.2 Å². The number of anilines is 1. The van der Waals surface area contributed by atoms with E-state index in [2.05, 4.69) is 5.32 Å². The number of nitrogens with one attached hydrogen (secondary N) is 1. The first-order valence-corrected chi connectivity index (χ1v) is 7.19. The highest BCUT2D eigenvalue weighted by Gasteiger charge is 2.19. The van der Waals surface area contributed by atoms with Crippen LogP contribution in [0.3, 0.4) is 0 Å². The lowest BCUT2D eigenvalue weighted by Gasteiger charge is -2.26. The number of hydrogen-bond donors (Lipinski definition) is 2. The number of benzene rings is 2. The highest BCUT2D eigenvalue weighted by atomic mass is 16.3. The van der Waals surface area contributed by atoms with Crippen LogP contribution in [0, 0.1) is 0 Å². The lowest BCUT2D eigenvalue weighted by atomic mass is 10.0. The molecule has 0 aliphatic carbocycles. The second-order valence-corrected chi connectivity index (χ2v) is 5.45. The molecule has 0 radical (unpaired) electrons. The zero-order valence-electron chi connectivity index (χ0n) is 12.6. The summed E-state index contributed by atoms with van der Waals surface area (Å²) in [7, 11) is 1.71. The van der Waals surface area contributed by atoms with Crippen molar-refractivity contribution in [2.24, 2.45) is 0 Å². The number of ketones is 1. The molecule has 3 rings (SSSR count). The van der Waals surface area contributed by atoms with E-state index in [9.17, 15) is 14.7 Å². The zero-order valence-corrected chi connectivity index (χ0v) is 12.6. The van der Waals surface area contributed by atoms with Gasteiger partial charge in [0.2, 0.25) is 0 Å². The summed E-state index contributed by atoms with van der Waals surface area (Å²) in [5.74, 6) is 0.0785. The molecule has 2 aromatic carbocycles. The predicted molar refractivity (Wildman–Crippen MR) is 88.4 cm³/mol. The van der Waals surface area contributed by atoms with Crippen LogP contribution in [0.5, 0.6) is 5.75 Å². The second-order valence-electron chi connectivity index (χ2n) is 5.45. The van der Waals surface area contributed by atoms with Crippen LogP contribution >= 0.6 is 0 Å². The third-order valence-electron chi connectivity index (χ3n) is 3.71. The van der Waals surface area contributed by atoms with Crippen molar-refractivity contribution in [1.82, 2.24) is 4.90 Å². The summed E-state index contributed by atoms with van der Waals surface area (Å²) < 4.78 is 0. The molecule has 5 heteroatoms. The Hall–Kier alpha value is -3.08. The van der Waals surface area contributed by atoms with E-state index >= 15 is 0 Å². The average molecular weight is 308 g/mol. The zero-order chi connectivity index (χ0) is 16.4. The standard InChI is InChI=1S/C18H16N2O3/c1-20-11-14-10-13(5-8-16(14)19-18(20)23)17(22)9-4-12-2-6-15(21)7-3-12/h2-10,21H,11H2,1H3,(H,19,23)/b9-4+. The first kappa shape index (κ1) is 14.8. The SMILES string of the molecule is CN1Cc2cc(C(=O)/C=C/c3ccc(O)cc3)ccc2NC1=O. The Morgan fingerprint density at radius 3 is 2.70 bits per heavy atom. The summed E-state index contributed by atoms with van der Waals surface area (Å²) in [5, 5.41) is 12.0. The Labute approximate surface area is 133 Å². The third kappa shape index (κ3) is 3.23. The molecule has 0 fully saturated rings. The van der Waals surface area contributed by atoms with E-state index in [4.69, 9.17) is 0 Å². The number of fused-ring (bicyclic) bond motifs is 1. The van der Waals surface area contributed by atoms with Crippen molar-refractivity contribution in [2.75, 3.05) is 12.4 Å². The molecule has 116 valence electrons. The Bertz CT molecular complexity index is 794. The maximum atomic E-state index is 12.3. The summed E-state index contributed by atoms with van der Waals surface area (Å²) in [6.07, 6.45) is 3.20. The molecule has 2 aromatic rings. The molecule has 2 N–H and O–H groups in total. The van der Waals surface area contributed by atoms with Gasteiger partial charge in [-0.2, -0.15) is 0 Å². The Kier molecular flexibility index (Phi) is 3.85. The number of carbonyl (C=O) groups excluding carboxylic acids is 2. The minimum atomic E-state index is -0.149. The summed E-state index contributed by atoms with van der Waals surface area (Å²) >= 11 is 0. The number of urea groups is 1. The molecule has 0 bridgehead atoms. The largest absolute Gasteiger partial charge is 0.508 e. The smallest absolute Gasteiger partial charge is 0.321 e. The molecule has 1 heterocycles. The highest BCUT2D eigenvalue weighted by molar-refractivity contribution is 6.07. The minimum Gasteiger partial charge on any atom is -0.508 e. The molecule has 5 nitrogen and oxygen atoms in total. The second kappa shape index (κ2) is 5.96. The number of amides is 2. The molecule has 0 atom stereocenters. The fourth-order valence-electron chi connectivity index (χ4n) is 2.39. The summed E-state index contributed by atoms with van der Waals surface area (Å²) in [6, 6.07) is 11.7. The van der Waals surface area contributed by atoms with Gasteiger partial charge in [-0.15, -0.1) is 0 Å². The Morgan fingerprint density at radius 2 is 1.96 bits per heavy atom. The lowest BCUT2D eigenvalue weighted by Crippen LogP contribution is -2.35. The maximum absolute atomic E-state index is 12.3. The van der Waals surface area contributed by atoms with Crippen molar-refractivity contribution in [3.63, 3.8) is 0 Å². The molecule has 0 unspecified atom stereocenters.